The van der Waals surface area contributed by atoms with Crippen LogP contribution < -0.4 is 10.1 Å². The molecule has 0 bridgehead atoms. The van der Waals surface area contributed by atoms with Gasteiger partial charge < -0.3 is 10.1 Å². The minimum atomic E-state index is 0.732. The molecule has 0 radical (unpaired) electrons. The van der Waals surface area contributed by atoms with Gasteiger partial charge in [0.15, 0.2) is 0 Å². The van der Waals surface area contributed by atoms with Gasteiger partial charge in [0.1, 0.15) is 11.5 Å². The van der Waals surface area contributed by atoms with Gasteiger partial charge in [-0.25, -0.2) is 0 Å². The zero-order valence-corrected chi connectivity index (χ0v) is 12.9. The Morgan fingerprint density at radius 2 is 2.00 bits per heavy atom. The third-order valence-corrected chi connectivity index (χ3v) is 3.31. The molecule has 2 rings (SSSR count). The lowest BCUT2D eigenvalue weighted by atomic mass is 10.2. The van der Waals surface area contributed by atoms with Gasteiger partial charge in [0.25, 0.3) is 0 Å². The first-order chi connectivity index (χ1) is 9.10. The Bertz CT molecular complexity index is 584. The lowest BCUT2D eigenvalue weighted by Crippen LogP contribution is -2.07. The number of rotatable bonds is 4. The highest BCUT2D eigenvalue weighted by Gasteiger charge is 2.08. The molecule has 2 aromatic rings. The second-order valence-corrected chi connectivity index (χ2v) is 5.39. The lowest BCUT2D eigenvalue weighted by Gasteiger charge is -2.13. The van der Waals surface area contributed by atoms with Crippen molar-refractivity contribution in [2.24, 2.45) is 0 Å². The fraction of sp³-hybridized carbons (Fsp3) is 0.267. The van der Waals surface area contributed by atoms with E-state index >= 15 is 0 Å². The molecule has 0 saturated carbocycles. The topological polar surface area (TPSA) is 34.2 Å². The summed E-state index contributed by atoms with van der Waals surface area (Å²) in [6.07, 6.45) is 1.86. The molecule has 0 atom stereocenters. The van der Waals surface area contributed by atoms with Crippen LogP contribution in [0.25, 0.3) is 0 Å². The fourth-order valence-electron chi connectivity index (χ4n) is 1.78. The Kier molecular flexibility index (Phi) is 4.56. The molecule has 1 N–H and O–H groups in total. The first-order valence-electron chi connectivity index (χ1n) is 6.14. The number of halogens is 1. The van der Waals surface area contributed by atoms with E-state index in [0.29, 0.717) is 0 Å². The van der Waals surface area contributed by atoms with Crippen LogP contribution in [0.15, 0.2) is 34.9 Å². The van der Waals surface area contributed by atoms with Crippen LogP contribution in [0.4, 0.5) is 0 Å². The summed E-state index contributed by atoms with van der Waals surface area (Å²) >= 11 is 3.47. The number of nitrogens with one attached hydrogen (secondary N) is 1. The first kappa shape index (κ1) is 14.0. The molecule has 3 nitrogen and oxygen atoms in total. The fourth-order valence-corrected chi connectivity index (χ4v) is 2.12. The average Bonchev–Trinajstić information content (AvgIpc) is 2.37. The van der Waals surface area contributed by atoms with Gasteiger partial charge in [-0.2, -0.15) is 0 Å². The van der Waals surface area contributed by atoms with Gasteiger partial charge in [0, 0.05) is 34.5 Å². The van der Waals surface area contributed by atoms with Crippen molar-refractivity contribution in [1.82, 2.24) is 10.3 Å². The van der Waals surface area contributed by atoms with Crippen LogP contribution in [0, 0.1) is 13.8 Å². The number of aromatic nitrogens is 1. The van der Waals surface area contributed by atoms with Crippen LogP contribution in [0.1, 0.15) is 16.8 Å². The van der Waals surface area contributed by atoms with Crippen molar-refractivity contribution in [1.29, 1.82) is 0 Å². The Balaban J connectivity index is 2.36. The van der Waals surface area contributed by atoms with Crippen LogP contribution in [-0.4, -0.2) is 12.0 Å². The summed E-state index contributed by atoms with van der Waals surface area (Å²) in [6.45, 7) is 4.73. The van der Waals surface area contributed by atoms with Crippen LogP contribution in [0.3, 0.4) is 0 Å². The summed E-state index contributed by atoms with van der Waals surface area (Å²) in [7, 11) is 1.91. The molecule has 100 valence electrons. The maximum Gasteiger partial charge on any atom is 0.135 e. The second kappa shape index (κ2) is 6.17. The largest absolute Gasteiger partial charge is 0.457 e. The predicted molar refractivity (Wildman–Crippen MR) is 80.7 cm³/mol. The smallest absolute Gasteiger partial charge is 0.135 e. The van der Waals surface area contributed by atoms with Crippen molar-refractivity contribution >= 4 is 15.9 Å². The molecule has 0 fully saturated rings. The number of pyridine rings is 1. The molecule has 19 heavy (non-hydrogen) atoms. The molecule has 1 aromatic carbocycles. The van der Waals surface area contributed by atoms with E-state index in [2.05, 4.69) is 26.2 Å². The maximum atomic E-state index is 6.04. The van der Waals surface area contributed by atoms with E-state index < -0.39 is 0 Å². The normalized spacial score (nSPS) is 10.5. The SMILES string of the molecule is CNCc1cnc(C)cc1Oc1cc(Br)ccc1C. The van der Waals surface area contributed by atoms with Crippen molar-refractivity contribution in [3.05, 3.63) is 51.8 Å². The summed E-state index contributed by atoms with van der Waals surface area (Å²) in [6, 6.07) is 7.99. The van der Waals surface area contributed by atoms with Crippen molar-refractivity contribution in [2.45, 2.75) is 20.4 Å². The number of hydrogen-bond acceptors (Lipinski definition) is 3. The summed E-state index contributed by atoms with van der Waals surface area (Å²) in [5, 5.41) is 3.13. The minimum absolute atomic E-state index is 0.732. The number of hydrogen-bond donors (Lipinski definition) is 1. The zero-order valence-electron chi connectivity index (χ0n) is 11.3. The molecular formula is C15H17BrN2O. The number of aryl methyl sites for hydroxylation is 2. The molecule has 1 heterocycles. The maximum absolute atomic E-state index is 6.04. The predicted octanol–water partition coefficient (Wildman–Crippen LogP) is 3.97. The Labute approximate surface area is 122 Å². The molecule has 1 aromatic heterocycles. The molecule has 0 spiro atoms. The van der Waals surface area contributed by atoms with Crippen LogP contribution in [-0.2, 0) is 6.54 Å². The van der Waals surface area contributed by atoms with Crippen molar-refractivity contribution in [3.63, 3.8) is 0 Å². The zero-order chi connectivity index (χ0) is 13.8. The molecular weight excluding hydrogens is 304 g/mol. The summed E-state index contributed by atoms with van der Waals surface area (Å²) in [4.78, 5) is 4.31. The van der Waals surface area contributed by atoms with E-state index in [9.17, 15) is 0 Å². The van der Waals surface area contributed by atoms with E-state index in [0.717, 1.165) is 39.3 Å². The van der Waals surface area contributed by atoms with Gasteiger partial charge in [-0.15, -0.1) is 0 Å². The lowest BCUT2D eigenvalue weighted by molar-refractivity contribution is 0.469. The molecule has 0 unspecified atom stereocenters. The van der Waals surface area contributed by atoms with Crippen molar-refractivity contribution in [3.8, 4) is 11.5 Å². The van der Waals surface area contributed by atoms with Crippen molar-refractivity contribution in [2.75, 3.05) is 7.05 Å². The molecule has 0 aliphatic carbocycles. The van der Waals surface area contributed by atoms with Crippen LogP contribution >= 0.6 is 15.9 Å². The monoisotopic (exact) mass is 320 g/mol. The van der Waals surface area contributed by atoms with E-state index in [1.165, 1.54) is 0 Å². The van der Waals surface area contributed by atoms with Gasteiger partial charge in [0.05, 0.1) is 0 Å². The van der Waals surface area contributed by atoms with Gasteiger partial charge in [-0.1, -0.05) is 22.0 Å². The first-order valence-corrected chi connectivity index (χ1v) is 6.93. The Morgan fingerprint density at radius 3 is 2.74 bits per heavy atom. The van der Waals surface area contributed by atoms with Crippen LogP contribution in [0.5, 0.6) is 11.5 Å². The second-order valence-electron chi connectivity index (χ2n) is 4.48. The van der Waals surface area contributed by atoms with Gasteiger partial charge in [-0.05, 0) is 38.6 Å². The summed E-state index contributed by atoms with van der Waals surface area (Å²) in [5.74, 6) is 1.71. The van der Waals surface area contributed by atoms with E-state index in [-0.39, 0.29) is 0 Å². The van der Waals surface area contributed by atoms with Crippen molar-refractivity contribution < 1.29 is 4.74 Å². The van der Waals surface area contributed by atoms with Crippen LogP contribution in [0.2, 0.25) is 0 Å². The Morgan fingerprint density at radius 1 is 1.21 bits per heavy atom. The quantitative estimate of drug-likeness (QED) is 0.925. The molecule has 0 amide bonds. The standard InChI is InChI=1S/C15H17BrN2O/c1-10-4-5-13(16)7-14(10)19-15-6-11(2)18-9-12(15)8-17-3/h4-7,9,17H,8H2,1-3H3. The van der Waals surface area contributed by atoms with Gasteiger partial charge in [0.2, 0.25) is 0 Å². The summed E-state index contributed by atoms with van der Waals surface area (Å²) < 4.78 is 7.05. The third-order valence-electron chi connectivity index (χ3n) is 2.82. The summed E-state index contributed by atoms with van der Waals surface area (Å²) in [5.41, 5.74) is 3.10. The van der Waals surface area contributed by atoms with E-state index in [4.69, 9.17) is 4.74 Å². The number of benzene rings is 1. The average molecular weight is 321 g/mol. The number of ether oxygens (including phenoxy) is 1. The molecule has 0 aliphatic heterocycles. The minimum Gasteiger partial charge on any atom is -0.457 e. The van der Waals surface area contributed by atoms with E-state index in [1.807, 2.05) is 51.4 Å². The third kappa shape index (κ3) is 3.55. The van der Waals surface area contributed by atoms with Gasteiger partial charge >= 0.3 is 0 Å². The highest BCUT2D eigenvalue weighted by molar-refractivity contribution is 9.10. The number of nitrogens with zero attached hydrogens (tertiary/aromatic N) is 1. The van der Waals surface area contributed by atoms with E-state index in [1.54, 1.807) is 0 Å². The molecule has 0 aliphatic rings. The highest BCUT2D eigenvalue weighted by Crippen LogP contribution is 2.30. The molecule has 4 heteroatoms. The Hall–Kier alpha value is -1.39. The van der Waals surface area contributed by atoms with Gasteiger partial charge in [-0.3, -0.25) is 4.98 Å². The molecule has 0 saturated heterocycles. The highest BCUT2D eigenvalue weighted by atomic mass is 79.9.